The normalized spacial score (nSPS) is 12.5. The second-order valence-electron chi connectivity index (χ2n) is 6.86. The van der Waals surface area contributed by atoms with E-state index in [0.717, 1.165) is 0 Å². The van der Waals surface area contributed by atoms with Crippen LogP contribution in [0.5, 0.6) is 0 Å². The van der Waals surface area contributed by atoms with Crippen LogP contribution in [0.15, 0.2) is 48.5 Å². The predicted molar refractivity (Wildman–Crippen MR) is 89.5 cm³/mol. The van der Waals surface area contributed by atoms with E-state index in [0.29, 0.717) is 0 Å². The Morgan fingerprint density at radius 2 is 1.05 bits per heavy atom. The van der Waals surface area contributed by atoms with Gasteiger partial charge in [0.05, 0.1) is 11.2 Å². The Balaban J connectivity index is 2.30. The molecule has 0 fully saturated rings. The standard InChI is InChI=1S/C20H26O/c1-15-9-7-11-17(13-15)19(3,4)21-20(5,6)18-12-8-10-16(2)14-18/h7-14H,1-6H3. The Kier molecular flexibility index (Phi) is 4.25. The van der Waals surface area contributed by atoms with Gasteiger partial charge in [-0.3, -0.25) is 0 Å². The fourth-order valence-corrected chi connectivity index (χ4v) is 2.79. The number of benzene rings is 2. The molecule has 0 unspecified atom stereocenters. The summed E-state index contributed by atoms with van der Waals surface area (Å²) >= 11 is 0. The van der Waals surface area contributed by atoms with Gasteiger partial charge in [-0.1, -0.05) is 59.7 Å². The molecule has 1 heteroatoms. The molecule has 0 aliphatic rings. The first kappa shape index (κ1) is 15.8. The van der Waals surface area contributed by atoms with E-state index >= 15 is 0 Å². The number of rotatable bonds is 4. The van der Waals surface area contributed by atoms with Crippen molar-refractivity contribution in [2.24, 2.45) is 0 Å². The SMILES string of the molecule is Cc1cccc(C(C)(C)OC(C)(C)c2cccc(C)c2)c1. The summed E-state index contributed by atoms with van der Waals surface area (Å²) in [5.74, 6) is 0. The van der Waals surface area contributed by atoms with Crippen molar-refractivity contribution >= 4 is 0 Å². The van der Waals surface area contributed by atoms with E-state index in [-0.39, 0.29) is 11.2 Å². The Morgan fingerprint density at radius 3 is 1.38 bits per heavy atom. The number of ether oxygens (including phenoxy) is 1. The van der Waals surface area contributed by atoms with Crippen LogP contribution in [0.3, 0.4) is 0 Å². The van der Waals surface area contributed by atoms with Gasteiger partial charge in [0.2, 0.25) is 0 Å². The molecule has 0 saturated carbocycles. The van der Waals surface area contributed by atoms with Crippen molar-refractivity contribution in [3.05, 3.63) is 70.8 Å². The highest BCUT2D eigenvalue weighted by molar-refractivity contribution is 5.29. The summed E-state index contributed by atoms with van der Waals surface area (Å²) < 4.78 is 6.51. The van der Waals surface area contributed by atoms with Gasteiger partial charge in [0.15, 0.2) is 0 Å². The molecule has 2 aromatic rings. The summed E-state index contributed by atoms with van der Waals surface area (Å²) in [4.78, 5) is 0. The van der Waals surface area contributed by atoms with Crippen molar-refractivity contribution in [3.63, 3.8) is 0 Å². The van der Waals surface area contributed by atoms with Crippen LogP contribution in [0, 0.1) is 13.8 Å². The molecule has 0 amide bonds. The van der Waals surface area contributed by atoms with E-state index in [1.165, 1.54) is 22.3 Å². The van der Waals surface area contributed by atoms with Crippen LogP contribution in [0.2, 0.25) is 0 Å². The lowest BCUT2D eigenvalue weighted by molar-refractivity contribution is -0.132. The Labute approximate surface area is 129 Å². The third-order valence-corrected chi connectivity index (χ3v) is 3.94. The van der Waals surface area contributed by atoms with Gasteiger partial charge in [-0.15, -0.1) is 0 Å². The summed E-state index contributed by atoms with van der Waals surface area (Å²) in [6.07, 6.45) is 0. The van der Waals surface area contributed by atoms with Crippen LogP contribution in [-0.4, -0.2) is 0 Å². The van der Waals surface area contributed by atoms with Crippen molar-refractivity contribution in [2.45, 2.75) is 52.7 Å². The van der Waals surface area contributed by atoms with E-state index in [1.54, 1.807) is 0 Å². The third-order valence-electron chi connectivity index (χ3n) is 3.94. The molecule has 1 nitrogen and oxygen atoms in total. The van der Waals surface area contributed by atoms with Gasteiger partial charge < -0.3 is 4.74 Å². The molecule has 0 aromatic heterocycles. The van der Waals surface area contributed by atoms with E-state index in [9.17, 15) is 0 Å². The molecular weight excluding hydrogens is 256 g/mol. The van der Waals surface area contributed by atoms with E-state index < -0.39 is 0 Å². The third kappa shape index (κ3) is 3.74. The average Bonchev–Trinajstić information content (AvgIpc) is 2.37. The van der Waals surface area contributed by atoms with Gasteiger partial charge in [-0.05, 0) is 52.7 Å². The zero-order valence-corrected chi connectivity index (χ0v) is 14.0. The maximum Gasteiger partial charge on any atom is 0.0887 e. The van der Waals surface area contributed by atoms with Gasteiger partial charge >= 0.3 is 0 Å². The summed E-state index contributed by atoms with van der Waals surface area (Å²) in [6, 6.07) is 17.1. The number of aryl methyl sites for hydroxylation is 2. The first-order valence-corrected chi connectivity index (χ1v) is 7.55. The number of hydrogen-bond donors (Lipinski definition) is 0. The highest BCUT2D eigenvalue weighted by Crippen LogP contribution is 2.36. The molecule has 0 atom stereocenters. The second kappa shape index (κ2) is 5.65. The zero-order chi connectivity index (χ0) is 15.7. The van der Waals surface area contributed by atoms with E-state index in [2.05, 4.69) is 90.1 Å². The van der Waals surface area contributed by atoms with Gasteiger partial charge in [-0.2, -0.15) is 0 Å². The highest BCUT2D eigenvalue weighted by Gasteiger charge is 2.32. The van der Waals surface area contributed by atoms with Crippen LogP contribution in [0.1, 0.15) is 49.9 Å². The number of hydrogen-bond acceptors (Lipinski definition) is 1. The van der Waals surface area contributed by atoms with Crippen LogP contribution in [0.25, 0.3) is 0 Å². The highest BCUT2D eigenvalue weighted by atomic mass is 16.5. The fourth-order valence-electron chi connectivity index (χ4n) is 2.79. The van der Waals surface area contributed by atoms with Crippen molar-refractivity contribution in [3.8, 4) is 0 Å². The molecule has 21 heavy (non-hydrogen) atoms. The van der Waals surface area contributed by atoms with Gasteiger partial charge in [0.1, 0.15) is 0 Å². The maximum absolute atomic E-state index is 6.51. The Morgan fingerprint density at radius 1 is 0.667 bits per heavy atom. The van der Waals surface area contributed by atoms with Crippen molar-refractivity contribution in [1.29, 1.82) is 0 Å². The van der Waals surface area contributed by atoms with Crippen LogP contribution in [-0.2, 0) is 15.9 Å². The summed E-state index contributed by atoms with van der Waals surface area (Å²) in [5, 5.41) is 0. The van der Waals surface area contributed by atoms with Crippen molar-refractivity contribution in [1.82, 2.24) is 0 Å². The summed E-state index contributed by atoms with van der Waals surface area (Å²) in [5.41, 5.74) is 4.28. The molecule has 0 spiro atoms. The maximum atomic E-state index is 6.51. The van der Waals surface area contributed by atoms with Gasteiger partial charge in [0.25, 0.3) is 0 Å². The minimum absolute atomic E-state index is 0.334. The topological polar surface area (TPSA) is 9.23 Å². The molecule has 112 valence electrons. The molecule has 0 bridgehead atoms. The molecule has 0 N–H and O–H groups in total. The summed E-state index contributed by atoms with van der Waals surface area (Å²) in [7, 11) is 0. The quantitative estimate of drug-likeness (QED) is 0.720. The van der Waals surface area contributed by atoms with Crippen molar-refractivity contribution < 1.29 is 4.74 Å². The molecule has 0 aliphatic heterocycles. The first-order valence-electron chi connectivity index (χ1n) is 7.55. The smallest absolute Gasteiger partial charge is 0.0887 e. The minimum atomic E-state index is -0.334. The minimum Gasteiger partial charge on any atom is -0.360 e. The van der Waals surface area contributed by atoms with Crippen LogP contribution in [0.4, 0.5) is 0 Å². The largest absolute Gasteiger partial charge is 0.360 e. The molecule has 0 saturated heterocycles. The zero-order valence-electron chi connectivity index (χ0n) is 14.0. The van der Waals surface area contributed by atoms with E-state index in [1.807, 2.05) is 0 Å². The Hall–Kier alpha value is -1.60. The monoisotopic (exact) mass is 282 g/mol. The molecule has 2 aromatic carbocycles. The van der Waals surface area contributed by atoms with Crippen molar-refractivity contribution in [2.75, 3.05) is 0 Å². The lowest BCUT2D eigenvalue weighted by Crippen LogP contribution is -2.33. The molecular formula is C20H26O. The fraction of sp³-hybridized carbons (Fsp3) is 0.400. The second-order valence-corrected chi connectivity index (χ2v) is 6.86. The lowest BCUT2D eigenvalue weighted by atomic mass is 9.92. The Bertz CT molecular complexity index is 568. The summed E-state index contributed by atoms with van der Waals surface area (Å²) in [6.45, 7) is 12.8. The molecule has 0 heterocycles. The van der Waals surface area contributed by atoms with Gasteiger partial charge in [-0.25, -0.2) is 0 Å². The average molecular weight is 282 g/mol. The van der Waals surface area contributed by atoms with Gasteiger partial charge in [0, 0.05) is 0 Å². The van der Waals surface area contributed by atoms with Crippen LogP contribution >= 0.6 is 0 Å². The molecule has 0 radical (unpaired) electrons. The molecule has 0 aliphatic carbocycles. The van der Waals surface area contributed by atoms with E-state index in [4.69, 9.17) is 4.74 Å². The van der Waals surface area contributed by atoms with Crippen LogP contribution < -0.4 is 0 Å². The predicted octanol–water partition coefficient (Wildman–Crippen LogP) is 5.49. The lowest BCUT2D eigenvalue weighted by Gasteiger charge is -2.37. The molecule has 2 rings (SSSR count). The first-order chi connectivity index (χ1) is 9.71.